The fourth-order valence-electron chi connectivity index (χ4n) is 4.08. The van der Waals surface area contributed by atoms with Crippen molar-refractivity contribution in [2.24, 2.45) is 5.92 Å². The monoisotopic (exact) mass is 432 g/mol. The van der Waals surface area contributed by atoms with Gasteiger partial charge in [0.05, 0.1) is 27.0 Å². The lowest BCUT2D eigenvalue weighted by Gasteiger charge is -2.26. The molecule has 0 spiro atoms. The molecule has 158 valence electrons. The molecule has 0 radical (unpaired) electrons. The summed E-state index contributed by atoms with van der Waals surface area (Å²) < 4.78 is 7.19. The van der Waals surface area contributed by atoms with Gasteiger partial charge in [-0.05, 0) is 49.1 Å². The Hall–Kier alpha value is -3.03. The minimum Gasteiger partial charge on any atom is -0.457 e. The summed E-state index contributed by atoms with van der Waals surface area (Å²) in [4.78, 5) is 13.3. The van der Waals surface area contributed by atoms with E-state index < -0.39 is 0 Å². The molecule has 1 aromatic carbocycles. The number of ether oxygens (including phenoxy) is 1. The summed E-state index contributed by atoms with van der Waals surface area (Å²) in [6.07, 6.45) is 8.40. The molecule has 0 unspecified atom stereocenters. The lowest BCUT2D eigenvalue weighted by Crippen LogP contribution is -2.26. The first-order chi connectivity index (χ1) is 15.1. The number of aliphatic hydroxyl groups excluding tert-OH is 1. The van der Waals surface area contributed by atoms with Crippen LogP contribution in [0.3, 0.4) is 0 Å². The van der Waals surface area contributed by atoms with Crippen LogP contribution in [0.25, 0.3) is 21.5 Å². The van der Waals surface area contributed by atoms with Gasteiger partial charge >= 0.3 is 0 Å². The summed E-state index contributed by atoms with van der Waals surface area (Å²) in [5.41, 5.74) is 8.30. The second-order valence-corrected chi connectivity index (χ2v) is 9.12. The summed E-state index contributed by atoms with van der Waals surface area (Å²) in [7, 11) is 0. The molecule has 31 heavy (non-hydrogen) atoms. The number of rotatable bonds is 5. The maximum Gasteiger partial charge on any atom is 0.131 e. The second-order valence-electron chi connectivity index (χ2n) is 8.00. The molecule has 1 aliphatic rings. The fourth-order valence-corrected chi connectivity index (χ4v) is 5.17. The highest BCUT2D eigenvalue weighted by atomic mass is 32.1. The van der Waals surface area contributed by atoms with Gasteiger partial charge in [-0.15, -0.1) is 11.3 Å². The average Bonchev–Trinajstić information content (AvgIpc) is 3.18. The minimum absolute atomic E-state index is 0.197. The van der Waals surface area contributed by atoms with Gasteiger partial charge in [-0.25, -0.2) is 9.97 Å². The van der Waals surface area contributed by atoms with Crippen LogP contribution in [-0.4, -0.2) is 26.2 Å². The number of pyridine rings is 2. The van der Waals surface area contributed by atoms with Crippen LogP contribution in [0, 0.1) is 5.92 Å². The highest BCUT2D eigenvalue weighted by molar-refractivity contribution is 7.18. The van der Waals surface area contributed by atoms with Gasteiger partial charge in [0, 0.05) is 36.5 Å². The number of benzene rings is 1. The molecule has 3 N–H and O–H groups in total. The summed E-state index contributed by atoms with van der Waals surface area (Å²) in [5, 5.41) is 11.4. The molecule has 0 bridgehead atoms. The van der Waals surface area contributed by atoms with Crippen molar-refractivity contribution in [3.8, 4) is 22.8 Å². The number of nitrogen functional groups attached to an aromatic ring is 1. The van der Waals surface area contributed by atoms with Crippen molar-refractivity contribution in [1.29, 1.82) is 0 Å². The Bertz CT molecular complexity index is 1190. The molecule has 2 atom stereocenters. The molecule has 3 heterocycles. The smallest absolute Gasteiger partial charge is 0.131 e. The van der Waals surface area contributed by atoms with Crippen LogP contribution in [0.4, 0.5) is 5.82 Å². The number of aliphatic hydroxyl groups is 1. The SMILES string of the molecule is Nc1ccc(-c2cc(Oc3ccc4nc(C[C@@H]5CCCC[C@H]5O)sc4c3)ccn2)cn1. The van der Waals surface area contributed by atoms with Crippen LogP contribution < -0.4 is 10.5 Å². The normalized spacial score (nSPS) is 18.9. The Morgan fingerprint density at radius 3 is 2.74 bits per heavy atom. The van der Waals surface area contributed by atoms with Gasteiger partial charge < -0.3 is 15.6 Å². The summed E-state index contributed by atoms with van der Waals surface area (Å²) in [6, 6.07) is 13.3. The molecule has 1 aliphatic carbocycles. The van der Waals surface area contributed by atoms with E-state index in [1.54, 1.807) is 29.8 Å². The van der Waals surface area contributed by atoms with Gasteiger partial charge in [-0.1, -0.05) is 12.8 Å². The van der Waals surface area contributed by atoms with Crippen LogP contribution >= 0.6 is 11.3 Å². The van der Waals surface area contributed by atoms with Crippen LogP contribution in [0.5, 0.6) is 11.5 Å². The minimum atomic E-state index is -0.197. The number of hydrogen-bond acceptors (Lipinski definition) is 7. The standard InChI is InChI=1S/C24H24N4O2S/c25-23-8-5-16(14-27-23)20-12-18(9-10-26-20)30-17-6-7-19-22(13-17)31-24(28-19)11-15-3-1-2-4-21(15)29/h5-10,12-15,21,29H,1-4,11H2,(H2,25,27)/t15-,21+/m0/s1. The third kappa shape index (κ3) is 4.52. The predicted octanol–water partition coefficient (Wildman–Crippen LogP) is 5.22. The third-order valence-electron chi connectivity index (χ3n) is 5.76. The van der Waals surface area contributed by atoms with Crippen molar-refractivity contribution in [2.75, 3.05) is 5.73 Å². The maximum absolute atomic E-state index is 10.3. The molecule has 7 heteroatoms. The first-order valence-corrected chi connectivity index (χ1v) is 11.4. The molecule has 1 fully saturated rings. The van der Waals surface area contributed by atoms with E-state index in [2.05, 4.69) is 9.97 Å². The van der Waals surface area contributed by atoms with Crippen LogP contribution in [0.15, 0.2) is 54.9 Å². The summed E-state index contributed by atoms with van der Waals surface area (Å²) in [5.74, 6) is 2.26. The first-order valence-electron chi connectivity index (χ1n) is 10.6. The lowest BCUT2D eigenvalue weighted by molar-refractivity contribution is 0.0700. The first kappa shape index (κ1) is 19.9. The van der Waals surface area contributed by atoms with Gasteiger partial charge in [0.2, 0.25) is 0 Å². The van der Waals surface area contributed by atoms with Crippen LogP contribution in [-0.2, 0) is 6.42 Å². The quantitative estimate of drug-likeness (QED) is 0.449. The van der Waals surface area contributed by atoms with Gasteiger partial charge in [-0.3, -0.25) is 4.98 Å². The van der Waals surface area contributed by atoms with E-state index in [-0.39, 0.29) is 6.10 Å². The fraction of sp³-hybridized carbons (Fsp3) is 0.292. The van der Waals surface area contributed by atoms with E-state index in [0.717, 1.165) is 57.9 Å². The van der Waals surface area contributed by atoms with Crippen molar-refractivity contribution < 1.29 is 9.84 Å². The number of fused-ring (bicyclic) bond motifs is 1. The second kappa shape index (κ2) is 8.61. The average molecular weight is 433 g/mol. The maximum atomic E-state index is 10.3. The van der Waals surface area contributed by atoms with E-state index in [4.69, 9.17) is 15.5 Å². The van der Waals surface area contributed by atoms with Crippen molar-refractivity contribution in [2.45, 2.75) is 38.2 Å². The zero-order valence-corrected chi connectivity index (χ0v) is 17.9. The topological polar surface area (TPSA) is 94.2 Å². The third-order valence-corrected chi connectivity index (χ3v) is 6.80. The van der Waals surface area contributed by atoms with E-state index in [1.165, 1.54) is 6.42 Å². The highest BCUT2D eigenvalue weighted by Gasteiger charge is 2.24. The van der Waals surface area contributed by atoms with E-state index in [0.29, 0.717) is 17.5 Å². The number of nitrogens with zero attached hydrogens (tertiary/aromatic N) is 3. The largest absolute Gasteiger partial charge is 0.457 e. The number of hydrogen-bond donors (Lipinski definition) is 2. The van der Waals surface area contributed by atoms with Crippen molar-refractivity contribution in [1.82, 2.24) is 15.0 Å². The highest BCUT2D eigenvalue weighted by Crippen LogP contribution is 2.33. The van der Waals surface area contributed by atoms with Crippen LogP contribution in [0.2, 0.25) is 0 Å². The van der Waals surface area contributed by atoms with Gasteiger partial charge in [0.15, 0.2) is 0 Å². The molecule has 1 saturated carbocycles. The molecule has 0 amide bonds. The predicted molar refractivity (Wildman–Crippen MR) is 123 cm³/mol. The Labute approximate surface area is 184 Å². The summed E-state index contributed by atoms with van der Waals surface area (Å²) in [6.45, 7) is 0. The molecule has 0 aliphatic heterocycles. The van der Waals surface area contributed by atoms with Crippen molar-refractivity contribution in [3.63, 3.8) is 0 Å². The Morgan fingerprint density at radius 2 is 1.90 bits per heavy atom. The molecule has 0 saturated heterocycles. The molecule has 3 aromatic heterocycles. The van der Waals surface area contributed by atoms with Crippen molar-refractivity contribution in [3.05, 3.63) is 59.9 Å². The van der Waals surface area contributed by atoms with Gasteiger partial charge in [-0.2, -0.15) is 0 Å². The molecular weight excluding hydrogens is 408 g/mol. The Morgan fingerprint density at radius 1 is 1.03 bits per heavy atom. The number of thiazole rings is 1. The zero-order valence-electron chi connectivity index (χ0n) is 17.1. The summed E-state index contributed by atoms with van der Waals surface area (Å²) >= 11 is 1.68. The molecule has 6 nitrogen and oxygen atoms in total. The van der Waals surface area contributed by atoms with Crippen LogP contribution in [0.1, 0.15) is 30.7 Å². The van der Waals surface area contributed by atoms with Gasteiger partial charge in [0.25, 0.3) is 0 Å². The van der Waals surface area contributed by atoms with E-state index in [9.17, 15) is 5.11 Å². The number of aromatic nitrogens is 3. The van der Waals surface area contributed by atoms with Gasteiger partial charge in [0.1, 0.15) is 17.3 Å². The van der Waals surface area contributed by atoms with E-state index in [1.807, 2.05) is 36.4 Å². The lowest BCUT2D eigenvalue weighted by atomic mass is 9.84. The molecule has 4 aromatic rings. The molecular formula is C24H24N4O2S. The zero-order chi connectivity index (χ0) is 21.2. The van der Waals surface area contributed by atoms with Crippen molar-refractivity contribution >= 4 is 27.4 Å². The molecule has 5 rings (SSSR count). The van der Waals surface area contributed by atoms with E-state index >= 15 is 0 Å². The Balaban J connectivity index is 1.34. The Kier molecular flexibility index (Phi) is 5.53. The number of nitrogens with two attached hydrogens (primary N) is 1. The number of anilines is 1.